The molecule has 1 N–H and O–H groups in total. The van der Waals surface area contributed by atoms with E-state index in [-0.39, 0.29) is 18.1 Å². The van der Waals surface area contributed by atoms with Crippen LogP contribution in [0, 0.1) is 0 Å². The number of rotatable bonds is 7. The monoisotopic (exact) mass is 389 g/mol. The molecule has 1 saturated heterocycles. The number of aliphatic hydroxyl groups is 1. The summed E-state index contributed by atoms with van der Waals surface area (Å²) in [4.78, 5) is 12.2. The Balaban J connectivity index is 1.94. The number of thiol groups is 1. The molecule has 0 amide bonds. The van der Waals surface area contributed by atoms with Crippen molar-refractivity contribution >= 4 is 30.6 Å². The molecule has 1 unspecified atom stereocenters. The molecule has 134 valence electrons. The summed E-state index contributed by atoms with van der Waals surface area (Å²) in [5, 5.41) is 9.37. The fourth-order valence-electron chi connectivity index (χ4n) is 2.56. The summed E-state index contributed by atoms with van der Waals surface area (Å²) in [6.45, 7) is 3.27. The Kier molecular flexibility index (Phi) is 5.60. The van der Waals surface area contributed by atoms with Crippen LogP contribution >= 0.6 is 19.5 Å². The standard InChI is InChI=1S/C13H14FN4O5PS/c1-2-3-21-12-9-11(15-5-16-12)18(6-17-9)13-8(14)10(23-24(20)25)7(4-19)22-13/h2,5-8,10,13,19H,1,3-4H2/p+1/t7-,8-,10-,13-/m1/s1. The SMILES string of the molecule is C=CCOc1ncnc2c1ncn2[C@@H]1O[C@H](CO)[C@@H](O[P+](=O)S)[C@H]1F. The van der Waals surface area contributed by atoms with Crippen LogP contribution in [0.5, 0.6) is 5.88 Å². The van der Waals surface area contributed by atoms with Gasteiger partial charge in [0.1, 0.15) is 31.3 Å². The maximum atomic E-state index is 14.8. The van der Waals surface area contributed by atoms with Crippen LogP contribution in [0.1, 0.15) is 6.23 Å². The molecule has 0 spiro atoms. The number of hydrogen-bond acceptors (Lipinski definition) is 8. The molecule has 2 aromatic rings. The lowest BCUT2D eigenvalue weighted by atomic mass is 10.1. The molecular formula is C13H15FN4O5PS+. The molecule has 1 fully saturated rings. The summed E-state index contributed by atoms with van der Waals surface area (Å²) in [6.07, 6.45) is -0.979. The first kappa shape index (κ1) is 18.2. The van der Waals surface area contributed by atoms with Gasteiger partial charge in [-0.15, -0.1) is 4.52 Å². The fraction of sp³-hybridized carbons (Fsp3) is 0.462. The molecule has 25 heavy (non-hydrogen) atoms. The first-order chi connectivity index (χ1) is 12.1. The van der Waals surface area contributed by atoms with Gasteiger partial charge in [0, 0.05) is 0 Å². The van der Waals surface area contributed by atoms with Crippen molar-refractivity contribution in [3.63, 3.8) is 0 Å². The second kappa shape index (κ2) is 7.71. The van der Waals surface area contributed by atoms with Gasteiger partial charge in [0.25, 0.3) is 0 Å². The van der Waals surface area contributed by atoms with Gasteiger partial charge in [-0.3, -0.25) is 4.57 Å². The number of ether oxygens (including phenoxy) is 2. The molecule has 0 saturated carbocycles. The summed E-state index contributed by atoms with van der Waals surface area (Å²) in [6, 6.07) is 0. The van der Waals surface area contributed by atoms with Crippen LogP contribution in [0.25, 0.3) is 11.2 Å². The van der Waals surface area contributed by atoms with Crippen LogP contribution in [0.4, 0.5) is 4.39 Å². The zero-order chi connectivity index (χ0) is 18.0. The smallest absolute Gasteiger partial charge is 0.472 e. The largest absolute Gasteiger partial charge is 0.582 e. The quantitative estimate of drug-likeness (QED) is 0.418. The van der Waals surface area contributed by atoms with Gasteiger partial charge in [0.2, 0.25) is 5.88 Å². The van der Waals surface area contributed by atoms with Gasteiger partial charge in [0.15, 0.2) is 29.7 Å². The molecule has 9 nitrogen and oxygen atoms in total. The lowest BCUT2D eigenvalue weighted by Crippen LogP contribution is -2.31. The summed E-state index contributed by atoms with van der Waals surface area (Å²) in [5.74, 6) is 0.224. The minimum atomic E-state index is -2.36. The van der Waals surface area contributed by atoms with Crippen molar-refractivity contribution in [2.75, 3.05) is 13.2 Å². The number of imidazole rings is 1. The predicted octanol–water partition coefficient (Wildman–Crippen LogP) is 1.59. The topological polar surface area (TPSA) is 109 Å². The van der Waals surface area contributed by atoms with Gasteiger partial charge in [-0.25, -0.2) is 14.4 Å². The average molecular weight is 389 g/mol. The minimum absolute atomic E-state index is 0.224. The van der Waals surface area contributed by atoms with Crippen LogP contribution in [0.2, 0.25) is 0 Å². The van der Waals surface area contributed by atoms with Crippen LogP contribution in [0.3, 0.4) is 0 Å². The van der Waals surface area contributed by atoms with E-state index in [4.69, 9.17) is 14.0 Å². The second-order valence-corrected chi connectivity index (χ2v) is 6.77. The summed E-state index contributed by atoms with van der Waals surface area (Å²) in [5.41, 5.74) is 0.611. The van der Waals surface area contributed by atoms with Crippen molar-refractivity contribution in [2.45, 2.75) is 24.6 Å². The van der Waals surface area contributed by atoms with Gasteiger partial charge in [-0.05, 0) is 4.57 Å². The van der Waals surface area contributed by atoms with E-state index in [1.54, 1.807) is 6.08 Å². The normalized spacial score (nSPS) is 26.8. The molecule has 1 aliphatic heterocycles. The highest BCUT2D eigenvalue weighted by Gasteiger charge is 2.51. The molecule has 1 aliphatic rings. The van der Waals surface area contributed by atoms with E-state index in [0.29, 0.717) is 5.52 Å². The van der Waals surface area contributed by atoms with Gasteiger partial charge in [0.05, 0.1) is 12.9 Å². The minimum Gasteiger partial charge on any atom is -0.472 e. The van der Waals surface area contributed by atoms with Crippen molar-refractivity contribution in [1.82, 2.24) is 19.5 Å². The molecule has 2 aromatic heterocycles. The van der Waals surface area contributed by atoms with Gasteiger partial charge >= 0.3 is 7.23 Å². The third-order valence-corrected chi connectivity index (χ3v) is 4.30. The highest BCUT2D eigenvalue weighted by atomic mass is 32.7. The highest BCUT2D eigenvalue weighted by molar-refractivity contribution is 8.39. The Hall–Kier alpha value is -1.65. The van der Waals surface area contributed by atoms with Crippen LogP contribution < -0.4 is 4.74 Å². The first-order valence-electron chi connectivity index (χ1n) is 7.21. The second-order valence-electron chi connectivity index (χ2n) is 5.10. The number of fused-ring (bicyclic) bond motifs is 1. The van der Waals surface area contributed by atoms with E-state index in [9.17, 15) is 14.1 Å². The first-order valence-corrected chi connectivity index (χ1v) is 9.54. The van der Waals surface area contributed by atoms with Crippen LogP contribution in [-0.4, -0.2) is 56.2 Å². The molecule has 0 aromatic carbocycles. The van der Waals surface area contributed by atoms with Crippen molar-refractivity contribution < 1.29 is 28.1 Å². The van der Waals surface area contributed by atoms with Crippen LogP contribution in [0.15, 0.2) is 25.3 Å². The van der Waals surface area contributed by atoms with Crippen molar-refractivity contribution in [2.24, 2.45) is 0 Å². The Morgan fingerprint density at radius 2 is 2.32 bits per heavy atom. The molecule has 0 aliphatic carbocycles. The number of halogens is 1. The maximum absolute atomic E-state index is 14.8. The molecule has 0 bridgehead atoms. The zero-order valence-corrected chi connectivity index (χ0v) is 14.6. The van der Waals surface area contributed by atoms with E-state index in [0.717, 1.165) is 0 Å². The van der Waals surface area contributed by atoms with Crippen LogP contribution in [-0.2, 0) is 13.8 Å². The number of hydrogen-bond donors (Lipinski definition) is 2. The van der Waals surface area contributed by atoms with Gasteiger partial charge in [-0.2, -0.15) is 4.98 Å². The molecule has 3 rings (SSSR count). The van der Waals surface area contributed by atoms with E-state index >= 15 is 0 Å². The third-order valence-electron chi connectivity index (χ3n) is 3.60. The lowest BCUT2D eigenvalue weighted by molar-refractivity contribution is -0.0427. The van der Waals surface area contributed by atoms with E-state index in [1.165, 1.54) is 17.2 Å². The van der Waals surface area contributed by atoms with Gasteiger partial charge < -0.3 is 14.6 Å². The number of nitrogens with zero attached hydrogens (tertiary/aromatic N) is 4. The van der Waals surface area contributed by atoms with E-state index in [1.807, 2.05) is 0 Å². The average Bonchev–Trinajstić information content (AvgIpc) is 3.15. The number of aliphatic hydroxyl groups excluding tert-OH is 1. The molecule has 12 heteroatoms. The number of aromatic nitrogens is 4. The molecule has 3 heterocycles. The summed E-state index contributed by atoms with van der Waals surface area (Å²) in [7, 11) is -2.36. The zero-order valence-electron chi connectivity index (χ0n) is 12.8. The van der Waals surface area contributed by atoms with Gasteiger partial charge in [-0.1, -0.05) is 12.7 Å². The molecule has 5 atom stereocenters. The lowest BCUT2D eigenvalue weighted by Gasteiger charge is -2.14. The van der Waals surface area contributed by atoms with E-state index < -0.39 is 38.4 Å². The van der Waals surface area contributed by atoms with E-state index in [2.05, 4.69) is 33.8 Å². The number of alkyl halides is 1. The predicted molar refractivity (Wildman–Crippen MR) is 88.4 cm³/mol. The van der Waals surface area contributed by atoms with Crippen molar-refractivity contribution in [3.8, 4) is 5.88 Å². The Labute approximate surface area is 147 Å². The molecule has 0 radical (unpaired) electrons. The van der Waals surface area contributed by atoms with Crippen molar-refractivity contribution in [3.05, 3.63) is 25.3 Å². The highest BCUT2D eigenvalue weighted by Crippen LogP contribution is 2.41. The summed E-state index contributed by atoms with van der Waals surface area (Å²) < 4.78 is 43.2. The molecular weight excluding hydrogens is 374 g/mol. The Morgan fingerprint density at radius 3 is 3.00 bits per heavy atom. The third kappa shape index (κ3) is 3.51. The maximum Gasteiger partial charge on any atom is 0.582 e. The fourth-order valence-corrected chi connectivity index (χ4v) is 3.34. The Morgan fingerprint density at radius 1 is 1.52 bits per heavy atom. The Bertz CT molecular complexity index is 793. The van der Waals surface area contributed by atoms with Crippen molar-refractivity contribution in [1.29, 1.82) is 0 Å². The summed E-state index contributed by atoms with van der Waals surface area (Å²) >= 11 is 3.62.